The molecule has 3 N–H and O–H groups in total. The Morgan fingerprint density at radius 3 is 2.15 bits per heavy atom. The quantitative estimate of drug-likeness (QED) is 0.0495. The fourth-order valence-corrected chi connectivity index (χ4v) is 7.00. The molecule has 0 aliphatic heterocycles. The van der Waals surface area contributed by atoms with Crippen LogP contribution in [0.4, 0.5) is 25.0 Å². The summed E-state index contributed by atoms with van der Waals surface area (Å²) < 4.78 is 70.0. The Morgan fingerprint density at radius 2 is 1.53 bits per heavy atom. The molecule has 4 aromatic rings. The van der Waals surface area contributed by atoms with Gasteiger partial charge in [0, 0.05) is 41.6 Å². The maximum Gasteiger partial charge on any atom is 0.426 e. The number of hydrogen-bond acceptors (Lipinski definition) is 12. The monoisotopic (exact) mass is 785 g/mol. The van der Waals surface area contributed by atoms with E-state index in [1.165, 1.54) is 49.7 Å². The maximum absolute atomic E-state index is 15.4. The van der Waals surface area contributed by atoms with Gasteiger partial charge in [-0.05, 0) is 82.1 Å². The predicted octanol–water partition coefficient (Wildman–Crippen LogP) is 7.24. The molecule has 18 heteroatoms. The van der Waals surface area contributed by atoms with Crippen LogP contribution in [0.15, 0.2) is 66.9 Å². The molecular formula is C37H42F2N5O10P. The van der Waals surface area contributed by atoms with E-state index in [1.54, 1.807) is 39.0 Å². The van der Waals surface area contributed by atoms with Crippen molar-refractivity contribution in [2.24, 2.45) is 5.41 Å². The Labute approximate surface area is 316 Å². The zero-order valence-corrected chi connectivity index (χ0v) is 31.6. The van der Waals surface area contributed by atoms with Crippen LogP contribution in [0.3, 0.4) is 0 Å². The molecule has 0 radical (unpaired) electrons. The van der Waals surface area contributed by atoms with Gasteiger partial charge in [-0.1, -0.05) is 0 Å². The van der Waals surface area contributed by atoms with E-state index in [1.807, 2.05) is 0 Å². The van der Waals surface area contributed by atoms with E-state index in [9.17, 15) is 23.3 Å². The number of nitrogens with one attached hydrogen (secondary N) is 3. The van der Waals surface area contributed by atoms with Crippen LogP contribution in [-0.2, 0) is 28.0 Å². The molecule has 0 atom stereocenters. The molecule has 15 nitrogen and oxygen atoms in total. The molecule has 0 spiro atoms. The van der Waals surface area contributed by atoms with Gasteiger partial charge < -0.3 is 44.0 Å². The van der Waals surface area contributed by atoms with Crippen molar-refractivity contribution in [3.63, 3.8) is 0 Å². The molecule has 1 aliphatic carbocycles. The molecule has 5 rings (SSSR count). The first kappa shape index (κ1) is 40.8. The Morgan fingerprint density at radius 1 is 0.855 bits per heavy atom. The molecule has 1 heterocycles. The summed E-state index contributed by atoms with van der Waals surface area (Å²) in [4.78, 5) is 48.0. The summed E-state index contributed by atoms with van der Waals surface area (Å²) in [5.74, 6) is -1.72. The van der Waals surface area contributed by atoms with Crippen LogP contribution in [-0.4, -0.2) is 74.3 Å². The number of pyridine rings is 1. The summed E-state index contributed by atoms with van der Waals surface area (Å²) in [6.45, 7) is 5.53. The number of ether oxygens (including phenoxy) is 3. The smallest absolute Gasteiger partial charge is 0.426 e. The topological polar surface area (TPSA) is 176 Å². The molecule has 0 saturated heterocycles. The summed E-state index contributed by atoms with van der Waals surface area (Å²) in [6.07, 6.45) is 0.976. The van der Waals surface area contributed by atoms with Crippen LogP contribution in [0.5, 0.6) is 23.0 Å². The number of carbonyl (C=O) groups is 3. The number of anilines is 2. The molecule has 3 aromatic carbocycles. The highest BCUT2D eigenvalue weighted by molar-refractivity contribution is 7.53. The van der Waals surface area contributed by atoms with Gasteiger partial charge in [-0.2, -0.15) is 0 Å². The first-order chi connectivity index (χ1) is 26.4. The predicted molar refractivity (Wildman–Crippen MR) is 198 cm³/mol. The van der Waals surface area contributed by atoms with E-state index < -0.39 is 42.6 Å². The van der Waals surface area contributed by atoms with Crippen LogP contribution < -0.4 is 30.2 Å². The van der Waals surface area contributed by atoms with E-state index in [4.69, 9.17) is 28.1 Å². The summed E-state index contributed by atoms with van der Waals surface area (Å²) in [6, 6.07) is 13.8. The van der Waals surface area contributed by atoms with Gasteiger partial charge >= 0.3 is 13.7 Å². The Balaban J connectivity index is 1.26. The van der Waals surface area contributed by atoms with Gasteiger partial charge in [-0.15, -0.1) is 5.06 Å². The summed E-state index contributed by atoms with van der Waals surface area (Å²) in [7, 11) is -2.20. The molecule has 0 bridgehead atoms. The van der Waals surface area contributed by atoms with E-state index in [-0.39, 0.29) is 61.3 Å². The second-order valence-corrected chi connectivity index (χ2v) is 14.1. The maximum atomic E-state index is 15.4. The van der Waals surface area contributed by atoms with Crippen molar-refractivity contribution in [3.8, 4) is 23.0 Å². The van der Waals surface area contributed by atoms with Crippen molar-refractivity contribution in [1.82, 2.24) is 15.4 Å². The third kappa shape index (κ3) is 10.5. The number of benzene rings is 3. The van der Waals surface area contributed by atoms with Gasteiger partial charge in [0.05, 0.1) is 32.4 Å². The number of nitrogens with zero attached hydrogens (tertiary/aromatic N) is 2. The second-order valence-electron chi connectivity index (χ2n) is 12.1. The van der Waals surface area contributed by atoms with Gasteiger partial charge in [0.15, 0.2) is 23.1 Å². The lowest BCUT2D eigenvalue weighted by molar-refractivity contribution is -0.131. The SMILES string of the molecule is CCNC(=O)ON(CCOc1cc2nccc(Oc3ccc(NC(=O)C4(C(=O)Nc5ccc(F)cc5)CC4)cc3F)c2cc1OC)CP(=O)(OCC)OCC. The zero-order chi connectivity index (χ0) is 39.6. The number of rotatable bonds is 19. The molecule has 1 aromatic heterocycles. The van der Waals surface area contributed by atoms with Gasteiger partial charge in [0.25, 0.3) is 0 Å². The summed E-state index contributed by atoms with van der Waals surface area (Å²) in [5.41, 5.74) is -0.445. The lowest BCUT2D eigenvalue weighted by Crippen LogP contribution is -2.37. The minimum atomic E-state index is -3.63. The van der Waals surface area contributed by atoms with Crippen molar-refractivity contribution in [2.75, 3.05) is 56.9 Å². The highest BCUT2D eigenvalue weighted by Gasteiger charge is 2.56. The molecule has 0 unspecified atom stereocenters. The van der Waals surface area contributed by atoms with Crippen molar-refractivity contribution >= 4 is 47.8 Å². The van der Waals surface area contributed by atoms with Crippen molar-refractivity contribution in [1.29, 1.82) is 0 Å². The minimum Gasteiger partial charge on any atom is -0.493 e. The van der Waals surface area contributed by atoms with Crippen LogP contribution >= 0.6 is 7.60 Å². The highest BCUT2D eigenvalue weighted by atomic mass is 31.2. The molecule has 1 saturated carbocycles. The average Bonchev–Trinajstić information content (AvgIpc) is 3.96. The number of aromatic nitrogens is 1. The van der Waals surface area contributed by atoms with Crippen LogP contribution in [0, 0.1) is 17.0 Å². The van der Waals surface area contributed by atoms with Crippen molar-refractivity contribution in [3.05, 3.63) is 78.5 Å². The van der Waals surface area contributed by atoms with Crippen LogP contribution in [0.2, 0.25) is 0 Å². The lowest BCUT2D eigenvalue weighted by Gasteiger charge is -2.25. The third-order valence-electron chi connectivity index (χ3n) is 8.23. The number of carbonyl (C=O) groups excluding carboxylic acids is 3. The van der Waals surface area contributed by atoms with Crippen LogP contribution in [0.25, 0.3) is 10.9 Å². The molecule has 1 aliphatic rings. The number of halogens is 2. The number of hydroxylamine groups is 2. The molecule has 55 heavy (non-hydrogen) atoms. The fourth-order valence-electron chi connectivity index (χ4n) is 5.39. The molecule has 294 valence electrons. The Kier molecular flexibility index (Phi) is 13.6. The van der Waals surface area contributed by atoms with Gasteiger partial charge in [-0.3, -0.25) is 19.1 Å². The van der Waals surface area contributed by atoms with Gasteiger partial charge in [-0.25, -0.2) is 13.6 Å². The Hall–Kier alpha value is -5.35. The zero-order valence-electron chi connectivity index (χ0n) is 30.7. The minimum absolute atomic E-state index is 0.0288. The third-order valence-corrected chi connectivity index (χ3v) is 10.2. The van der Waals surface area contributed by atoms with E-state index in [2.05, 4.69) is 20.9 Å². The summed E-state index contributed by atoms with van der Waals surface area (Å²) >= 11 is 0. The molecule has 3 amide bonds. The standard InChI is InChI=1S/C37H42F2N5O10P/c1-5-40-36(47)54-44(23-55(48,51-6-2)52-7-3)18-19-50-33-22-29-27(21-32(33)49-4)30(14-17-41-29)53-31-13-12-26(20-28(31)39)43-35(46)37(15-16-37)34(45)42-25-10-8-24(38)9-11-25/h8-14,17,20-22H,5-7,15-16,18-19,23H2,1-4H3,(H,40,47)(H,42,45)(H,43,46). The van der Waals surface area contributed by atoms with Crippen molar-refractivity contribution < 1.29 is 55.8 Å². The lowest BCUT2D eigenvalue weighted by atomic mass is 10.0. The molecule has 1 fully saturated rings. The van der Waals surface area contributed by atoms with Gasteiger partial charge in [0.1, 0.15) is 29.9 Å². The van der Waals surface area contributed by atoms with Gasteiger partial charge in [0.2, 0.25) is 11.8 Å². The first-order valence-corrected chi connectivity index (χ1v) is 19.2. The highest BCUT2D eigenvalue weighted by Crippen LogP contribution is 2.49. The number of amides is 3. The van der Waals surface area contributed by atoms with E-state index in [0.29, 0.717) is 36.0 Å². The first-order valence-electron chi connectivity index (χ1n) is 17.5. The Bertz CT molecular complexity index is 2040. The fraction of sp³-hybridized carbons (Fsp3) is 0.351. The largest absolute Gasteiger partial charge is 0.493 e. The van der Waals surface area contributed by atoms with Crippen LogP contribution in [0.1, 0.15) is 33.6 Å². The van der Waals surface area contributed by atoms with E-state index in [0.717, 1.165) is 11.1 Å². The average molecular weight is 786 g/mol. The van der Waals surface area contributed by atoms with E-state index >= 15 is 4.39 Å². The normalized spacial score (nSPS) is 13.2. The molecular weight excluding hydrogens is 743 g/mol. The number of fused-ring (bicyclic) bond motifs is 1. The number of methoxy groups -OCH3 is 1. The van der Waals surface area contributed by atoms with Crippen molar-refractivity contribution in [2.45, 2.75) is 33.6 Å². The number of hydrogen-bond donors (Lipinski definition) is 3. The summed E-state index contributed by atoms with van der Waals surface area (Å²) in [5, 5.41) is 9.35. The second kappa shape index (κ2) is 18.3.